The van der Waals surface area contributed by atoms with Gasteiger partial charge in [0.25, 0.3) is 5.91 Å². The van der Waals surface area contributed by atoms with E-state index in [4.69, 9.17) is 0 Å². The third-order valence-electron chi connectivity index (χ3n) is 3.05. The first-order chi connectivity index (χ1) is 9.97. The van der Waals surface area contributed by atoms with Crippen molar-refractivity contribution < 1.29 is 9.18 Å². The number of rotatable bonds is 4. The first kappa shape index (κ1) is 15.0. The maximum Gasteiger partial charge on any atom is 0.257 e. The van der Waals surface area contributed by atoms with Crippen LogP contribution in [-0.4, -0.2) is 11.9 Å². The van der Waals surface area contributed by atoms with Crippen LogP contribution in [0.2, 0.25) is 0 Å². The normalized spacial score (nSPS) is 10.5. The highest BCUT2D eigenvalue weighted by Gasteiger charge is 2.12. The molecule has 0 aliphatic carbocycles. The van der Waals surface area contributed by atoms with Gasteiger partial charge in [-0.15, -0.1) is 0 Å². The molecule has 0 atom stereocenters. The average molecular weight is 286 g/mol. The van der Waals surface area contributed by atoms with Crippen molar-refractivity contribution in [3.63, 3.8) is 0 Å². The second-order valence-electron chi connectivity index (χ2n) is 5.26. The van der Waals surface area contributed by atoms with Gasteiger partial charge in [-0.3, -0.25) is 4.79 Å². The maximum absolute atomic E-state index is 13.5. The van der Waals surface area contributed by atoms with E-state index in [1.165, 1.54) is 6.07 Å². The first-order valence-corrected chi connectivity index (χ1v) is 6.90. The molecule has 110 valence electrons. The minimum absolute atomic E-state index is 0.218. The molecule has 2 aromatic rings. The summed E-state index contributed by atoms with van der Waals surface area (Å²) in [7, 11) is 0. The van der Waals surface area contributed by atoms with Crippen LogP contribution in [0, 0.1) is 12.7 Å². The molecule has 4 heteroatoms. The Bertz CT molecular complexity index is 653. The molecule has 0 fully saturated rings. The van der Waals surface area contributed by atoms with Crippen LogP contribution in [0.5, 0.6) is 0 Å². The van der Waals surface area contributed by atoms with E-state index in [1.54, 1.807) is 31.2 Å². The maximum atomic E-state index is 13.5. The standard InChI is InChI=1S/C17H19FN2O/c1-11(2)19-16-7-5-4-6-14(16)17(21)20-13-9-8-12(3)15(18)10-13/h4-11,19H,1-3H3,(H,20,21). The van der Waals surface area contributed by atoms with E-state index in [0.29, 0.717) is 16.8 Å². The molecule has 2 aromatic carbocycles. The van der Waals surface area contributed by atoms with Gasteiger partial charge in [0.2, 0.25) is 0 Å². The van der Waals surface area contributed by atoms with Gasteiger partial charge >= 0.3 is 0 Å². The molecule has 0 heterocycles. The summed E-state index contributed by atoms with van der Waals surface area (Å²) in [4.78, 5) is 12.3. The molecule has 0 aromatic heterocycles. The third kappa shape index (κ3) is 3.81. The van der Waals surface area contributed by atoms with Crippen LogP contribution in [0.25, 0.3) is 0 Å². The van der Waals surface area contributed by atoms with E-state index in [2.05, 4.69) is 10.6 Å². The van der Waals surface area contributed by atoms with Gasteiger partial charge < -0.3 is 10.6 Å². The monoisotopic (exact) mass is 286 g/mol. The lowest BCUT2D eigenvalue weighted by atomic mass is 10.1. The summed E-state index contributed by atoms with van der Waals surface area (Å²) >= 11 is 0. The molecule has 0 saturated carbocycles. The van der Waals surface area contributed by atoms with Crippen molar-refractivity contribution >= 4 is 17.3 Å². The predicted molar refractivity (Wildman–Crippen MR) is 84.3 cm³/mol. The van der Waals surface area contributed by atoms with Crippen molar-refractivity contribution in [2.24, 2.45) is 0 Å². The van der Waals surface area contributed by atoms with Crippen molar-refractivity contribution in [3.05, 3.63) is 59.4 Å². The van der Waals surface area contributed by atoms with Crippen LogP contribution in [0.1, 0.15) is 29.8 Å². The number of halogens is 1. The Morgan fingerprint density at radius 3 is 2.52 bits per heavy atom. The number of anilines is 2. The lowest BCUT2D eigenvalue weighted by Crippen LogP contribution is -2.17. The molecule has 3 nitrogen and oxygen atoms in total. The number of carbonyl (C=O) groups excluding carboxylic acids is 1. The van der Waals surface area contributed by atoms with E-state index < -0.39 is 0 Å². The largest absolute Gasteiger partial charge is 0.382 e. The first-order valence-electron chi connectivity index (χ1n) is 6.90. The Morgan fingerprint density at radius 1 is 1.14 bits per heavy atom. The van der Waals surface area contributed by atoms with E-state index in [-0.39, 0.29) is 17.8 Å². The molecule has 21 heavy (non-hydrogen) atoms. The molecule has 1 amide bonds. The summed E-state index contributed by atoms with van der Waals surface area (Å²) in [6, 6.07) is 12.1. The smallest absolute Gasteiger partial charge is 0.257 e. The molecule has 0 radical (unpaired) electrons. The molecule has 0 bridgehead atoms. The SMILES string of the molecule is Cc1ccc(NC(=O)c2ccccc2NC(C)C)cc1F. The quantitative estimate of drug-likeness (QED) is 0.884. The van der Waals surface area contributed by atoms with Crippen LogP contribution in [0.15, 0.2) is 42.5 Å². The molecule has 0 saturated heterocycles. The average Bonchev–Trinajstić information content (AvgIpc) is 2.43. The number of para-hydroxylation sites is 1. The molecular weight excluding hydrogens is 267 g/mol. The lowest BCUT2D eigenvalue weighted by molar-refractivity contribution is 0.102. The van der Waals surface area contributed by atoms with E-state index in [0.717, 1.165) is 5.69 Å². The van der Waals surface area contributed by atoms with Crippen molar-refractivity contribution in [3.8, 4) is 0 Å². The number of benzene rings is 2. The molecule has 0 aliphatic heterocycles. The molecule has 2 N–H and O–H groups in total. The van der Waals surface area contributed by atoms with Gasteiger partial charge in [-0.2, -0.15) is 0 Å². The highest BCUT2D eigenvalue weighted by atomic mass is 19.1. The number of nitrogens with one attached hydrogen (secondary N) is 2. The fourth-order valence-electron chi connectivity index (χ4n) is 1.99. The van der Waals surface area contributed by atoms with E-state index >= 15 is 0 Å². The summed E-state index contributed by atoms with van der Waals surface area (Å²) < 4.78 is 13.5. The highest BCUT2D eigenvalue weighted by molar-refractivity contribution is 6.08. The zero-order valence-corrected chi connectivity index (χ0v) is 12.4. The Hall–Kier alpha value is -2.36. The number of hydrogen-bond donors (Lipinski definition) is 2. The van der Waals surface area contributed by atoms with Crippen LogP contribution in [-0.2, 0) is 0 Å². The zero-order valence-electron chi connectivity index (χ0n) is 12.4. The summed E-state index contributed by atoms with van der Waals surface area (Å²) in [6.07, 6.45) is 0. The number of carbonyl (C=O) groups is 1. The van der Waals surface area contributed by atoms with Crippen LogP contribution < -0.4 is 10.6 Å². The Labute approximate surface area is 124 Å². The van der Waals surface area contributed by atoms with Crippen molar-refractivity contribution in [1.29, 1.82) is 0 Å². The van der Waals surface area contributed by atoms with E-state index in [9.17, 15) is 9.18 Å². The number of hydrogen-bond acceptors (Lipinski definition) is 2. The second-order valence-corrected chi connectivity index (χ2v) is 5.26. The summed E-state index contributed by atoms with van der Waals surface area (Å²) in [5.41, 5.74) is 2.29. The number of aryl methyl sites for hydroxylation is 1. The Balaban J connectivity index is 2.22. The van der Waals surface area contributed by atoms with Gasteiger partial charge in [0, 0.05) is 17.4 Å². The third-order valence-corrected chi connectivity index (χ3v) is 3.05. The molecule has 2 rings (SSSR count). The van der Waals surface area contributed by atoms with E-state index in [1.807, 2.05) is 26.0 Å². The summed E-state index contributed by atoms with van der Waals surface area (Å²) in [5.74, 6) is -0.594. The topological polar surface area (TPSA) is 41.1 Å². The fourth-order valence-corrected chi connectivity index (χ4v) is 1.99. The van der Waals surface area contributed by atoms with Crippen LogP contribution in [0.4, 0.5) is 15.8 Å². The molecule has 0 spiro atoms. The van der Waals surface area contributed by atoms with Gasteiger partial charge in [0.15, 0.2) is 0 Å². The van der Waals surface area contributed by atoms with Gasteiger partial charge in [-0.05, 0) is 50.6 Å². The number of amides is 1. The highest BCUT2D eigenvalue weighted by Crippen LogP contribution is 2.19. The Kier molecular flexibility index (Phi) is 4.58. The van der Waals surface area contributed by atoms with Crippen molar-refractivity contribution in [2.45, 2.75) is 26.8 Å². The molecular formula is C17H19FN2O. The van der Waals surface area contributed by atoms with Crippen LogP contribution in [0.3, 0.4) is 0 Å². The Morgan fingerprint density at radius 2 is 1.86 bits per heavy atom. The fraction of sp³-hybridized carbons (Fsp3) is 0.235. The minimum atomic E-state index is -0.332. The molecule has 0 aliphatic rings. The second kappa shape index (κ2) is 6.39. The minimum Gasteiger partial charge on any atom is -0.382 e. The molecule has 0 unspecified atom stereocenters. The van der Waals surface area contributed by atoms with Crippen molar-refractivity contribution in [2.75, 3.05) is 10.6 Å². The zero-order chi connectivity index (χ0) is 15.4. The van der Waals surface area contributed by atoms with Gasteiger partial charge in [0.1, 0.15) is 5.82 Å². The van der Waals surface area contributed by atoms with Crippen molar-refractivity contribution in [1.82, 2.24) is 0 Å². The van der Waals surface area contributed by atoms with Gasteiger partial charge in [-0.1, -0.05) is 18.2 Å². The predicted octanol–water partition coefficient (Wildman–Crippen LogP) is 4.21. The summed E-state index contributed by atoms with van der Waals surface area (Å²) in [5, 5.41) is 5.95. The van der Waals surface area contributed by atoms with Crippen LogP contribution >= 0.6 is 0 Å². The lowest BCUT2D eigenvalue weighted by Gasteiger charge is -2.14. The van der Waals surface area contributed by atoms with Gasteiger partial charge in [0.05, 0.1) is 5.56 Å². The van der Waals surface area contributed by atoms with Gasteiger partial charge in [-0.25, -0.2) is 4.39 Å². The summed E-state index contributed by atoms with van der Waals surface area (Å²) in [6.45, 7) is 5.69.